The van der Waals surface area contributed by atoms with Gasteiger partial charge >= 0.3 is 0 Å². The second-order valence-corrected chi connectivity index (χ2v) is 2.51. The van der Waals surface area contributed by atoms with Gasteiger partial charge in [-0.15, -0.1) is 5.10 Å². The molecule has 1 heterocycles. The van der Waals surface area contributed by atoms with E-state index in [4.69, 9.17) is 0 Å². The van der Waals surface area contributed by atoms with Gasteiger partial charge in [0.05, 0.1) is 14.1 Å². The van der Waals surface area contributed by atoms with Crippen molar-refractivity contribution in [2.24, 2.45) is 10.2 Å². The van der Waals surface area contributed by atoms with Gasteiger partial charge in [0.15, 0.2) is 6.34 Å². The number of nitrogens with zero attached hydrogens (tertiary/aromatic N) is 4. The van der Waals surface area contributed by atoms with Crippen LogP contribution in [0, 0.1) is 0 Å². The number of quaternary nitrogens is 1. The van der Waals surface area contributed by atoms with Gasteiger partial charge in [0.2, 0.25) is 6.34 Å². The molecule has 0 saturated carbocycles. The maximum absolute atomic E-state index is 4.13. The molecule has 4 nitrogen and oxygen atoms in total. The Morgan fingerprint density at radius 3 is 2.44 bits per heavy atom. The molecule has 0 atom stereocenters. The molecule has 9 heavy (non-hydrogen) atoms. The largest absolute Gasteiger partial charge is 0.248 e. The van der Waals surface area contributed by atoms with E-state index in [-0.39, 0.29) is 0 Å². The highest BCUT2D eigenvalue weighted by molar-refractivity contribution is 5.59. The van der Waals surface area contributed by atoms with Crippen molar-refractivity contribution in [1.29, 1.82) is 0 Å². The fraction of sp³-hybridized carbons (Fsp3) is 0.600. The molecule has 0 aliphatic carbocycles. The van der Waals surface area contributed by atoms with Crippen molar-refractivity contribution in [2.45, 2.75) is 0 Å². The molecule has 0 saturated heterocycles. The lowest BCUT2D eigenvalue weighted by Gasteiger charge is -2.20. The summed E-state index contributed by atoms with van der Waals surface area (Å²) in [6, 6.07) is 0. The zero-order chi connectivity index (χ0) is 6.91. The van der Waals surface area contributed by atoms with Gasteiger partial charge in [0.1, 0.15) is 0 Å². The Hall–Kier alpha value is -0.900. The SMILES string of the molecule is CN1C=N[N+](C)(C)C=N1. The van der Waals surface area contributed by atoms with Gasteiger partial charge in [-0.2, -0.15) is 4.59 Å². The highest BCUT2D eigenvalue weighted by Gasteiger charge is 2.13. The summed E-state index contributed by atoms with van der Waals surface area (Å²) in [5, 5.41) is 9.82. The molecule has 1 aliphatic rings. The molecule has 0 aromatic carbocycles. The number of hydrogen-bond acceptors (Lipinski definition) is 3. The van der Waals surface area contributed by atoms with Crippen molar-refractivity contribution in [3.63, 3.8) is 0 Å². The van der Waals surface area contributed by atoms with E-state index in [1.807, 2.05) is 21.1 Å². The highest BCUT2D eigenvalue weighted by atomic mass is 15.7. The average molecular weight is 127 g/mol. The first kappa shape index (κ1) is 6.22. The van der Waals surface area contributed by atoms with Crippen LogP contribution in [0.25, 0.3) is 0 Å². The van der Waals surface area contributed by atoms with Crippen LogP contribution >= 0.6 is 0 Å². The zero-order valence-corrected chi connectivity index (χ0v) is 5.94. The molecule has 1 aliphatic heterocycles. The predicted molar refractivity (Wildman–Crippen MR) is 36.9 cm³/mol. The van der Waals surface area contributed by atoms with E-state index >= 15 is 0 Å². The van der Waals surface area contributed by atoms with Crippen molar-refractivity contribution < 1.29 is 4.59 Å². The fourth-order valence-electron chi connectivity index (χ4n) is 0.475. The molecule has 0 unspecified atom stereocenters. The van der Waals surface area contributed by atoms with E-state index in [2.05, 4.69) is 10.2 Å². The summed E-state index contributed by atoms with van der Waals surface area (Å²) in [5.74, 6) is 0. The molecular weight excluding hydrogens is 116 g/mol. The van der Waals surface area contributed by atoms with Gasteiger partial charge in [-0.3, -0.25) is 0 Å². The Balaban J connectivity index is 2.70. The maximum atomic E-state index is 4.13. The molecular formula is C5H11N4+. The van der Waals surface area contributed by atoms with Crippen LogP contribution in [0.2, 0.25) is 0 Å². The minimum absolute atomic E-state index is 0.477. The number of hydrogen-bond donors (Lipinski definition) is 0. The summed E-state index contributed by atoms with van der Waals surface area (Å²) in [4.78, 5) is 0. The van der Waals surface area contributed by atoms with Crippen LogP contribution in [-0.2, 0) is 0 Å². The molecule has 0 spiro atoms. The third kappa shape index (κ3) is 1.50. The molecule has 0 aromatic heterocycles. The molecule has 0 radical (unpaired) electrons. The second kappa shape index (κ2) is 1.80. The number of hydrazone groups is 1. The quantitative estimate of drug-likeness (QED) is 0.417. The summed E-state index contributed by atoms with van der Waals surface area (Å²) in [6.07, 6.45) is 3.46. The molecule has 0 fully saturated rings. The first-order chi connectivity index (χ1) is 4.10. The Kier molecular flexibility index (Phi) is 1.25. The van der Waals surface area contributed by atoms with Crippen LogP contribution in [0.4, 0.5) is 0 Å². The smallest absolute Gasteiger partial charge is 0.233 e. The molecule has 4 heteroatoms. The van der Waals surface area contributed by atoms with Crippen molar-refractivity contribution in [3.05, 3.63) is 0 Å². The van der Waals surface area contributed by atoms with Gasteiger partial charge < -0.3 is 0 Å². The monoisotopic (exact) mass is 127 g/mol. The van der Waals surface area contributed by atoms with Crippen LogP contribution in [0.3, 0.4) is 0 Å². The van der Waals surface area contributed by atoms with Gasteiger partial charge in [-0.1, -0.05) is 5.10 Å². The van der Waals surface area contributed by atoms with Gasteiger partial charge in [-0.25, -0.2) is 5.01 Å². The van der Waals surface area contributed by atoms with Crippen LogP contribution < -0.4 is 0 Å². The summed E-state index contributed by atoms with van der Waals surface area (Å²) in [5.41, 5.74) is 0. The average Bonchev–Trinajstić information content (AvgIpc) is 1.78. The van der Waals surface area contributed by atoms with Crippen molar-refractivity contribution in [1.82, 2.24) is 5.01 Å². The zero-order valence-electron chi connectivity index (χ0n) is 5.94. The molecule has 0 bridgehead atoms. The first-order valence-electron chi connectivity index (χ1n) is 2.77. The Morgan fingerprint density at radius 2 is 2.11 bits per heavy atom. The van der Waals surface area contributed by atoms with Gasteiger partial charge in [0, 0.05) is 7.05 Å². The van der Waals surface area contributed by atoms with E-state index < -0.39 is 0 Å². The van der Waals surface area contributed by atoms with E-state index in [0.717, 1.165) is 0 Å². The Bertz CT molecular complexity index is 142. The van der Waals surface area contributed by atoms with E-state index in [0.29, 0.717) is 4.59 Å². The van der Waals surface area contributed by atoms with Crippen molar-refractivity contribution in [2.75, 3.05) is 21.1 Å². The van der Waals surface area contributed by atoms with E-state index in [1.54, 1.807) is 17.7 Å². The summed E-state index contributed by atoms with van der Waals surface area (Å²) in [6.45, 7) is 0. The van der Waals surface area contributed by atoms with Crippen LogP contribution in [0.15, 0.2) is 10.2 Å². The lowest BCUT2D eigenvalue weighted by Crippen LogP contribution is -2.36. The molecule has 50 valence electrons. The van der Waals surface area contributed by atoms with E-state index in [9.17, 15) is 0 Å². The molecule has 0 N–H and O–H groups in total. The summed E-state index contributed by atoms with van der Waals surface area (Å²) >= 11 is 0. The van der Waals surface area contributed by atoms with Crippen molar-refractivity contribution >= 4 is 12.7 Å². The lowest BCUT2D eigenvalue weighted by atomic mass is 10.8. The fourth-order valence-corrected chi connectivity index (χ4v) is 0.475. The Morgan fingerprint density at radius 1 is 1.44 bits per heavy atom. The minimum atomic E-state index is 0.477. The van der Waals surface area contributed by atoms with Gasteiger partial charge in [0.25, 0.3) is 0 Å². The first-order valence-corrected chi connectivity index (χ1v) is 2.77. The van der Waals surface area contributed by atoms with Crippen LogP contribution in [0.5, 0.6) is 0 Å². The number of rotatable bonds is 0. The lowest BCUT2D eigenvalue weighted by molar-refractivity contribution is -0.800. The highest BCUT2D eigenvalue weighted by Crippen LogP contribution is 1.97. The maximum Gasteiger partial charge on any atom is 0.233 e. The van der Waals surface area contributed by atoms with Crippen LogP contribution in [-0.4, -0.2) is 43.4 Å². The molecule has 0 aromatic rings. The third-order valence-corrected chi connectivity index (χ3v) is 1.03. The molecule has 1 rings (SSSR count). The van der Waals surface area contributed by atoms with Crippen molar-refractivity contribution in [3.8, 4) is 0 Å². The van der Waals surface area contributed by atoms with E-state index in [1.165, 1.54) is 0 Å². The predicted octanol–water partition coefficient (Wildman–Crippen LogP) is -0.105. The topological polar surface area (TPSA) is 28.0 Å². The van der Waals surface area contributed by atoms with Crippen LogP contribution in [0.1, 0.15) is 0 Å². The summed E-state index contributed by atoms with van der Waals surface area (Å²) in [7, 11) is 5.75. The second-order valence-electron chi connectivity index (χ2n) is 2.51. The minimum Gasteiger partial charge on any atom is -0.248 e. The third-order valence-electron chi connectivity index (χ3n) is 1.03. The molecule has 0 amide bonds. The normalized spacial score (nSPS) is 22.8. The summed E-state index contributed by atoms with van der Waals surface area (Å²) < 4.78 is 0.477. The van der Waals surface area contributed by atoms with Gasteiger partial charge in [-0.05, 0) is 0 Å². The Labute approximate surface area is 54.7 Å². The standard InChI is InChI=1S/C5H11N4/c1-8-4-7-9(2,3)5-6-8/h4-5H,1-3H3/q+1.